The zero-order valence-corrected chi connectivity index (χ0v) is 16.3. The van der Waals surface area contributed by atoms with Crippen LogP contribution < -0.4 is 0 Å². The van der Waals surface area contributed by atoms with Crippen molar-refractivity contribution in [3.05, 3.63) is 144 Å². The van der Waals surface area contributed by atoms with E-state index in [1.54, 1.807) is 0 Å². The van der Waals surface area contributed by atoms with E-state index >= 15 is 0 Å². The maximum Gasteiger partial charge on any atom is 0.0309 e. The van der Waals surface area contributed by atoms with E-state index in [1.807, 2.05) is 0 Å². The summed E-state index contributed by atoms with van der Waals surface area (Å²) >= 11 is 0. The zero-order chi connectivity index (χ0) is 19.2. The lowest BCUT2D eigenvalue weighted by atomic mass is 9.60. The highest BCUT2D eigenvalue weighted by molar-refractivity contribution is 5.50. The van der Waals surface area contributed by atoms with Gasteiger partial charge in [-0.25, -0.2) is 0 Å². The summed E-state index contributed by atoms with van der Waals surface area (Å²) in [5.41, 5.74) is 5.28. The lowest BCUT2D eigenvalue weighted by molar-refractivity contribution is 0.437. The molecule has 0 N–H and O–H groups in total. The van der Waals surface area contributed by atoms with Crippen molar-refractivity contribution in [2.75, 3.05) is 0 Å². The van der Waals surface area contributed by atoms with Gasteiger partial charge in [-0.2, -0.15) is 0 Å². The molecular weight excluding hydrogens is 336 g/mol. The Kier molecular flexibility index (Phi) is 5.39. The molecule has 4 aromatic rings. The average Bonchev–Trinajstić information content (AvgIpc) is 2.80. The van der Waals surface area contributed by atoms with Crippen molar-refractivity contribution in [3.8, 4) is 0 Å². The Labute approximate surface area is 168 Å². The summed E-state index contributed by atoms with van der Waals surface area (Å²) in [6.07, 6.45) is 1.01. The van der Waals surface area contributed by atoms with Crippen LogP contribution in [-0.2, 0) is 5.41 Å². The molecule has 4 aromatic carbocycles. The first kappa shape index (κ1) is 18.3. The van der Waals surface area contributed by atoms with Crippen LogP contribution in [0.2, 0.25) is 0 Å². The van der Waals surface area contributed by atoms with E-state index < -0.39 is 0 Å². The summed E-state index contributed by atoms with van der Waals surface area (Å²) in [7, 11) is 0. The Bertz CT molecular complexity index is 894. The van der Waals surface area contributed by atoms with Gasteiger partial charge in [0.1, 0.15) is 0 Å². The second-order valence-corrected chi connectivity index (χ2v) is 7.31. The van der Waals surface area contributed by atoms with Gasteiger partial charge in [0.05, 0.1) is 0 Å². The first-order valence-electron chi connectivity index (χ1n) is 10.1. The molecule has 0 spiro atoms. The van der Waals surface area contributed by atoms with Crippen molar-refractivity contribution in [1.82, 2.24) is 0 Å². The topological polar surface area (TPSA) is 0 Å². The van der Waals surface area contributed by atoms with Gasteiger partial charge in [0.25, 0.3) is 0 Å². The Morgan fingerprint density at radius 2 is 0.821 bits per heavy atom. The summed E-state index contributed by atoms with van der Waals surface area (Å²) in [4.78, 5) is 0. The molecule has 0 saturated carbocycles. The Morgan fingerprint density at radius 1 is 0.500 bits per heavy atom. The van der Waals surface area contributed by atoms with Crippen molar-refractivity contribution >= 4 is 0 Å². The smallest absolute Gasteiger partial charge is 0.0309 e. The van der Waals surface area contributed by atoms with E-state index in [9.17, 15) is 0 Å². The third kappa shape index (κ3) is 3.27. The molecule has 0 unspecified atom stereocenters. The molecule has 138 valence electrons. The number of hydrogen-bond acceptors (Lipinski definition) is 0. The van der Waals surface area contributed by atoms with Crippen LogP contribution in [0.1, 0.15) is 41.5 Å². The first-order chi connectivity index (χ1) is 13.9. The van der Waals surface area contributed by atoms with E-state index in [0.717, 1.165) is 6.42 Å². The van der Waals surface area contributed by atoms with Gasteiger partial charge >= 0.3 is 0 Å². The van der Waals surface area contributed by atoms with E-state index in [1.165, 1.54) is 22.3 Å². The molecule has 0 radical (unpaired) electrons. The van der Waals surface area contributed by atoms with Crippen LogP contribution in [0.25, 0.3) is 0 Å². The highest BCUT2D eigenvalue weighted by Gasteiger charge is 2.42. The molecule has 0 bridgehead atoms. The van der Waals surface area contributed by atoms with Crippen LogP contribution >= 0.6 is 0 Å². The van der Waals surface area contributed by atoms with Gasteiger partial charge in [0, 0.05) is 11.3 Å². The van der Waals surface area contributed by atoms with Gasteiger partial charge in [0.2, 0.25) is 0 Å². The minimum Gasteiger partial charge on any atom is -0.0642 e. The highest BCUT2D eigenvalue weighted by Crippen LogP contribution is 2.50. The van der Waals surface area contributed by atoms with Gasteiger partial charge in [-0.1, -0.05) is 128 Å². The van der Waals surface area contributed by atoms with Crippen molar-refractivity contribution in [2.45, 2.75) is 24.7 Å². The maximum absolute atomic E-state index is 2.32. The van der Waals surface area contributed by atoms with Crippen LogP contribution in [0.3, 0.4) is 0 Å². The summed E-state index contributed by atoms with van der Waals surface area (Å²) in [5.74, 6) is 0.227. The lowest BCUT2D eigenvalue weighted by Crippen LogP contribution is -2.35. The van der Waals surface area contributed by atoms with Crippen LogP contribution in [-0.4, -0.2) is 0 Å². The van der Waals surface area contributed by atoms with Gasteiger partial charge in [-0.3, -0.25) is 0 Å². The monoisotopic (exact) mass is 362 g/mol. The Morgan fingerprint density at radius 3 is 1.14 bits per heavy atom. The molecule has 0 heterocycles. The molecule has 4 rings (SSSR count). The molecular formula is C28H26. The second kappa shape index (κ2) is 8.27. The van der Waals surface area contributed by atoms with E-state index in [0.29, 0.717) is 0 Å². The fourth-order valence-corrected chi connectivity index (χ4v) is 4.64. The van der Waals surface area contributed by atoms with Crippen LogP contribution in [0, 0.1) is 0 Å². The van der Waals surface area contributed by atoms with Gasteiger partial charge in [0.15, 0.2) is 0 Å². The first-order valence-corrected chi connectivity index (χ1v) is 10.1. The summed E-state index contributed by atoms with van der Waals surface area (Å²) in [6.45, 7) is 2.32. The van der Waals surface area contributed by atoms with Crippen molar-refractivity contribution < 1.29 is 0 Å². The molecule has 0 aliphatic rings. The van der Waals surface area contributed by atoms with Crippen molar-refractivity contribution in [1.29, 1.82) is 0 Å². The van der Waals surface area contributed by atoms with Crippen molar-refractivity contribution in [2.24, 2.45) is 0 Å². The van der Waals surface area contributed by atoms with Gasteiger partial charge < -0.3 is 0 Å². The number of rotatable bonds is 6. The second-order valence-electron chi connectivity index (χ2n) is 7.31. The quantitative estimate of drug-likeness (QED) is 0.340. The van der Waals surface area contributed by atoms with Gasteiger partial charge in [-0.05, 0) is 28.7 Å². The SMILES string of the molecule is CCC(c1ccccc1)(c1ccccc1)C(c1ccccc1)c1ccccc1. The van der Waals surface area contributed by atoms with Crippen LogP contribution in [0.4, 0.5) is 0 Å². The zero-order valence-electron chi connectivity index (χ0n) is 16.3. The normalized spacial score (nSPS) is 11.5. The average molecular weight is 363 g/mol. The third-order valence-electron chi connectivity index (χ3n) is 5.89. The molecule has 0 aliphatic heterocycles. The Hall–Kier alpha value is -3.12. The van der Waals surface area contributed by atoms with Crippen LogP contribution in [0.15, 0.2) is 121 Å². The maximum atomic E-state index is 2.32. The summed E-state index contributed by atoms with van der Waals surface area (Å²) in [6, 6.07) is 43.9. The molecule has 0 nitrogen and oxygen atoms in total. The molecule has 0 fully saturated rings. The van der Waals surface area contributed by atoms with Crippen LogP contribution in [0.5, 0.6) is 0 Å². The van der Waals surface area contributed by atoms with Gasteiger partial charge in [-0.15, -0.1) is 0 Å². The lowest BCUT2D eigenvalue weighted by Gasteiger charge is -2.42. The van der Waals surface area contributed by atoms with E-state index in [4.69, 9.17) is 0 Å². The molecule has 0 amide bonds. The molecule has 0 aliphatic carbocycles. The minimum atomic E-state index is -0.148. The predicted molar refractivity (Wildman–Crippen MR) is 119 cm³/mol. The fourth-order valence-electron chi connectivity index (χ4n) is 4.64. The number of hydrogen-bond donors (Lipinski definition) is 0. The molecule has 0 atom stereocenters. The molecule has 28 heavy (non-hydrogen) atoms. The molecule has 0 aromatic heterocycles. The summed E-state index contributed by atoms with van der Waals surface area (Å²) in [5, 5.41) is 0. The standard InChI is InChI=1S/C28H26/c1-2-28(25-19-11-5-12-20-25,26-21-13-6-14-22-26)27(23-15-7-3-8-16-23)24-17-9-4-10-18-24/h3-22,27H,2H2,1H3. The molecule has 0 heteroatoms. The third-order valence-corrected chi connectivity index (χ3v) is 5.89. The fraction of sp³-hybridized carbons (Fsp3) is 0.143. The number of benzene rings is 4. The van der Waals surface area contributed by atoms with E-state index in [-0.39, 0.29) is 11.3 Å². The largest absolute Gasteiger partial charge is 0.0642 e. The molecule has 0 saturated heterocycles. The van der Waals surface area contributed by atoms with Crippen molar-refractivity contribution in [3.63, 3.8) is 0 Å². The highest BCUT2D eigenvalue weighted by atomic mass is 14.4. The van der Waals surface area contributed by atoms with E-state index in [2.05, 4.69) is 128 Å². The minimum absolute atomic E-state index is 0.148. The summed E-state index contributed by atoms with van der Waals surface area (Å²) < 4.78 is 0. The predicted octanol–water partition coefficient (Wildman–Crippen LogP) is 7.21. The Balaban J connectivity index is 2.05.